The molecule has 1 aliphatic rings. The van der Waals surface area contributed by atoms with Crippen LogP contribution in [0.4, 0.5) is 0 Å². The molecule has 0 saturated carbocycles. The molecule has 0 unspecified atom stereocenters. The van der Waals surface area contributed by atoms with Crippen molar-refractivity contribution in [3.63, 3.8) is 0 Å². The number of hydrogen-bond acceptors (Lipinski definition) is 5. The maximum atomic E-state index is 9.10. The molecule has 0 radical (unpaired) electrons. The Morgan fingerprint density at radius 2 is 2.05 bits per heavy atom. The zero-order chi connectivity index (χ0) is 13.9. The van der Waals surface area contributed by atoms with Crippen molar-refractivity contribution in [2.75, 3.05) is 6.79 Å². The third-order valence-corrected chi connectivity index (χ3v) is 3.21. The molecule has 6 heteroatoms. The quantitative estimate of drug-likeness (QED) is 0.938. The minimum Gasteiger partial charge on any atom is -0.473 e. The minimum atomic E-state index is -0.222. The first-order chi connectivity index (χ1) is 9.76. The molecule has 2 heterocycles. The fraction of sp³-hybridized carbons (Fsp3) is 0.214. The monoisotopic (exact) mass is 293 g/mol. The van der Waals surface area contributed by atoms with E-state index in [0.29, 0.717) is 29.0 Å². The Morgan fingerprint density at radius 1 is 1.20 bits per heavy atom. The second-order valence-corrected chi connectivity index (χ2v) is 4.62. The standard InChI is InChI=1S/C14H12ClNO4/c15-10-2-4-14(16-11(10)6-17)18-7-9-1-3-12-13(5-9)20-8-19-12/h1-5,17H,6-8H2. The lowest BCUT2D eigenvalue weighted by atomic mass is 10.2. The maximum Gasteiger partial charge on any atom is 0.231 e. The van der Waals surface area contributed by atoms with Crippen molar-refractivity contribution in [3.05, 3.63) is 46.6 Å². The van der Waals surface area contributed by atoms with Crippen LogP contribution in [0.1, 0.15) is 11.3 Å². The Labute approximate surface area is 120 Å². The maximum absolute atomic E-state index is 9.10. The van der Waals surface area contributed by atoms with Gasteiger partial charge in [-0.05, 0) is 23.8 Å². The summed E-state index contributed by atoms with van der Waals surface area (Å²) in [7, 11) is 0. The normalized spacial score (nSPS) is 12.5. The van der Waals surface area contributed by atoms with E-state index >= 15 is 0 Å². The number of benzene rings is 1. The summed E-state index contributed by atoms with van der Waals surface area (Å²) in [6.45, 7) is 0.369. The van der Waals surface area contributed by atoms with Crippen molar-refractivity contribution in [2.45, 2.75) is 13.2 Å². The van der Waals surface area contributed by atoms with Crippen LogP contribution >= 0.6 is 11.6 Å². The Bertz CT molecular complexity index is 622. The van der Waals surface area contributed by atoms with E-state index in [0.717, 1.165) is 11.3 Å². The molecule has 1 aliphatic heterocycles. The molecule has 1 aromatic carbocycles. The van der Waals surface area contributed by atoms with Crippen LogP contribution in [0.5, 0.6) is 17.4 Å². The molecule has 0 spiro atoms. The predicted molar refractivity (Wildman–Crippen MR) is 72.1 cm³/mol. The van der Waals surface area contributed by atoms with Crippen molar-refractivity contribution < 1.29 is 19.3 Å². The Morgan fingerprint density at radius 3 is 2.90 bits per heavy atom. The number of rotatable bonds is 4. The van der Waals surface area contributed by atoms with Crippen molar-refractivity contribution in [2.24, 2.45) is 0 Å². The molecule has 5 nitrogen and oxygen atoms in total. The summed E-state index contributed by atoms with van der Waals surface area (Å²) in [5, 5.41) is 9.52. The van der Waals surface area contributed by atoms with E-state index in [1.807, 2.05) is 18.2 Å². The summed E-state index contributed by atoms with van der Waals surface area (Å²) in [5.41, 5.74) is 1.34. The van der Waals surface area contributed by atoms with Gasteiger partial charge < -0.3 is 19.3 Å². The van der Waals surface area contributed by atoms with Gasteiger partial charge in [-0.1, -0.05) is 17.7 Å². The molecular formula is C14H12ClNO4. The largest absolute Gasteiger partial charge is 0.473 e. The van der Waals surface area contributed by atoms with Gasteiger partial charge >= 0.3 is 0 Å². The van der Waals surface area contributed by atoms with Gasteiger partial charge in [0, 0.05) is 6.07 Å². The highest BCUT2D eigenvalue weighted by molar-refractivity contribution is 6.31. The summed E-state index contributed by atoms with van der Waals surface area (Å²) in [4.78, 5) is 4.12. The van der Waals surface area contributed by atoms with E-state index in [2.05, 4.69) is 4.98 Å². The van der Waals surface area contributed by atoms with E-state index in [9.17, 15) is 0 Å². The van der Waals surface area contributed by atoms with Gasteiger partial charge in [-0.3, -0.25) is 0 Å². The molecule has 1 aromatic heterocycles. The van der Waals surface area contributed by atoms with Crippen molar-refractivity contribution in [3.8, 4) is 17.4 Å². The van der Waals surface area contributed by atoms with Gasteiger partial charge in [0.05, 0.1) is 17.3 Å². The molecule has 3 rings (SSSR count). The number of fused-ring (bicyclic) bond motifs is 1. The Kier molecular flexibility index (Phi) is 3.62. The molecule has 0 atom stereocenters. The molecule has 1 N–H and O–H groups in total. The van der Waals surface area contributed by atoms with Crippen LogP contribution in [0.2, 0.25) is 5.02 Å². The molecule has 0 fully saturated rings. The zero-order valence-corrected chi connectivity index (χ0v) is 11.3. The fourth-order valence-electron chi connectivity index (χ4n) is 1.84. The summed E-state index contributed by atoms with van der Waals surface area (Å²) in [5.74, 6) is 1.86. The fourth-order valence-corrected chi connectivity index (χ4v) is 2.01. The van der Waals surface area contributed by atoms with E-state index in [1.165, 1.54) is 0 Å². The second kappa shape index (κ2) is 5.56. The molecular weight excluding hydrogens is 282 g/mol. The molecule has 0 aliphatic carbocycles. The number of aliphatic hydroxyl groups is 1. The van der Waals surface area contributed by atoms with Crippen LogP contribution in [0, 0.1) is 0 Å². The van der Waals surface area contributed by atoms with Crippen LogP contribution in [-0.2, 0) is 13.2 Å². The number of aliphatic hydroxyl groups excluding tert-OH is 1. The number of aromatic nitrogens is 1. The van der Waals surface area contributed by atoms with Crippen LogP contribution < -0.4 is 14.2 Å². The minimum absolute atomic E-state index is 0.222. The summed E-state index contributed by atoms with van der Waals surface area (Å²) >= 11 is 5.87. The SMILES string of the molecule is OCc1nc(OCc2ccc3c(c2)OCO3)ccc1Cl. The lowest BCUT2D eigenvalue weighted by Crippen LogP contribution is -2.00. The lowest BCUT2D eigenvalue weighted by molar-refractivity contribution is 0.174. The van der Waals surface area contributed by atoms with Crippen molar-refractivity contribution in [1.29, 1.82) is 0 Å². The summed E-state index contributed by atoms with van der Waals surface area (Å²) in [6, 6.07) is 8.92. The molecule has 2 aromatic rings. The van der Waals surface area contributed by atoms with Crippen molar-refractivity contribution in [1.82, 2.24) is 4.98 Å². The Balaban J connectivity index is 1.70. The van der Waals surface area contributed by atoms with Gasteiger partial charge in [0.1, 0.15) is 6.61 Å². The predicted octanol–water partition coefficient (Wildman–Crippen LogP) is 2.54. The molecule has 20 heavy (non-hydrogen) atoms. The van der Waals surface area contributed by atoms with Gasteiger partial charge in [-0.25, -0.2) is 4.98 Å². The van der Waals surface area contributed by atoms with Gasteiger partial charge in [0.25, 0.3) is 0 Å². The van der Waals surface area contributed by atoms with E-state index in [4.69, 9.17) is 30.9 Å². The highest BCUT2D eigenvalue weighted by Crippen LogP contribution is 2.32. The van der Waals surface area contributed by atoms with Crippen molar-refractivity contribution >= 4 is 11.6 Å². The van der Waals surface area contributed by atoms with E-state index in [1.54, 1.807) is 12.1 Å². The molecule has 0 amide bonds. The second-order valence-electron chi connectivity index (χ2n) is 4.21. The highest BCUT2D eigenvalue weighted by Gasteiger charge is 2.13. The smallest absolute Gasteiger partial charge is 0.231 e. The first-order valence-electron chi connectivity index (χ1n) is 6.04. The van der Waals surface area contributed by atoms with Crippen LogP contribution in [0.25, 0.3) is 0 Å². The number of pyridine rings is 1. The number of nitrogens with zero attached hydrogens (tertiary/aromatic N) is 1. The Hall–Kier alpha value is -1.98. The van der Waals surface area contributed by atoms with Gasteiger partial charge in [-0.2, -0.15) is 0 Å². The van der Waals surface area contributed by atoms with Gasteiger partial charge in [0.2, 0.25) is 12.7 Å². The van der Waals surface area contributed by atoms with Crippen LogP contribution in [0.3, 0.4) is 0 Å². The number of hydrogen-bond donors (Lipinski definition) is 1. The average molecular weight is 294 g/mol. The van der Waals surface area contributed by atoms with Crippen LogP contribution in [0.15, 0.2) is 30.3 Å². The lowest BCUT2D eigenvalue weighted by Gasteiger charge is -2.08. The third-order valence-electron chi connectivity index (χ3n) is 2.87. The number of ether oxygens (including phenoxy) is 3. The summed E-state index contributed by atoms with van der Waals surface area (Å²) in [6.07, 6.45) is 0. The van der Waals surface area contributed by atoms with Gasteiger partial charge in [-0.15, -0.1) is 0 Å². The number of halogens is 1. The van der Waals surface area contributed by atoms with Crippen LogP contribution in [-0.4, -0.2) is 16.9 Å². The third kappa shape index (κ3) is 2.64. The van der Waals surface area contributed by atoms with E-state index < -0.39 is 0 Å². The highest BCUT2D eigenvalue weighted by atomic mass is 35.5. The average Bonchev–Trinajstić information content (AvgIpc) is 2.94. The molecule has 104 valence electrons. The van der Waals surface area contributed by atoms with E-state index in [-0.39, 0.29) is 13.4 Å². The zero-order valence-electron chi connectivity index (χ0n) is 10.5. The topological polar surface area (TPSA) is 60.8 Å². The first kappa shape index (κ1) is 13.0. The van der Waals surface area contributed by atoms with Gasteiger partial charge in [0.15, 0.2) is 11.5 Å². The molecule has 0 bridgehead atoms. The summed E-state index contributed by atoms with van der Waals surface area (Å²) < 4.78 is 16.1. The first-order valence-corrected chi connectivity index (χ1v) is 6.41. The molecule has 0 saturated heterocycles.